The van der Waals surface area contributed by atoms with Gasteiger partial charge in [0.15, 0.2) is 0 Å². The molecule has 1 aromatic carbocycles. The lowest BCUT2D eigenvalue weighted by Crippen LogP contribution is -2.20. The fraction of sp³-hybridized carbons (Fsp3) is 0.267. The third-order valence-corrected chi connectivity index (χ3v) is 3.13. The smallest absolute Gasteiger partial charge is 0.123 e. The molecule has 0 aliphatic carbocycles. The number of hydrogen-bond acceptors (Lipinski definition) is 2. The zero-order chi connectivity index (χ0) is 13.0. The van der Waals surface area contributed by atoms with Crippen LogP contribution < -0.4 is 5.32 Å². The van der Waals surface area contributed by atoms with Crippen LogP contribution in [0.1, 0.15) is 22.9 Å². The first-order chi connectivity index (χ1) is 8.70. The molecule has 1 unspecified atom stereocenters. The molecule has 94 valence electrons. The van der Waals surface area contributed by atoms with Crippen LogP contribution in [0.15, 0.2) is 42.6 Å². The van der Waals surface area contributed by atoms with Gasteiger partial charge in [0, 0.05) is 6.20 Å². The van der Waals surface area contributed by atoms with Crippen LogP contribution in [0.2, 0.25) is 0 Å². The monoisotopic (exact) mass is 244 g/mol. The van der Waals surface area contributed by atoms with Crippen molar-refractivity contribution in [2.45, 2.75) is 19.4 Å². The lowest BCUT2D eigenvalue weighted by atomic mass is 9.99. The summed E-state index contributed by atoms with van der Waals surface area (Å²) in [5.74, 6) is -0.188. The van der Waals surface area contributed by atoms with E-state index >= 15 is 0 Å². The van der Waals surface area contributed by atoms with E-state index in [0.717, 1.165) is 23.2 Å². The topological polar surface area (TPSA) is 24.9 Å². The summed E-state index contributed by atoms with van der Waals surface area (Å²) in [5.41, 5.74) is 3.09. The van der Waals surface area contributed by atoms with E-state index in [-0.39, 0.29) is 11.9 Å². The van der Waals surface area contributed by atoms with Crippen molar-refractivity contribution >= 4 is 0 Å². The lowest BCUT2D eigenvalue weighted by Gasteiger charge is -2.17. The number of rotatable bonds is 4. The van der Waals surface area contributed by atoms with E-state index in [0.29, 0.717) is 0 Å². The molecule has 0 saturated carbocycles. The van der Waals surface area contributed by atoms with Crippen LogP contribution in [0.4, 0.5) is 4.39 Å². The summed E-state index contributed by atoms with van der Waals surface area (Å²) in [5, 5.41) is 3.23. The van der Waals surface area contributed by atoms with E-state index < -0.39 is 0 Å². The number of benzene rings is 1. The number of hydrogen-bond donors (Lipinski definition) is 1. The van der Waals surface area contributed by atoms with Crippen molar-refractivity contribution < 1.29 is 4.39 Å². The van der Waals surface area contributed by atoms with Crippen LogP contribution in [-0.2, 0) is 6.42 Å². The summed E-state index contributed by atoms with van der Waals surface area (Å²) < 4.78 is 13.3. The van der Waals surface area contributed by atoms with Crippen LogP contribution in [0.25, 0.3) is 0 Å². The van der Waals surface area contributed by atoms with Gasteiger partial charge >= 0.3 is 0 Å². The van der Waals surface area contributed by atoms with Crippen molar-refractivity contribution in [1.29, 1.82) is 0 Å². The van der Waals surface area contributed by atoms with Gasteiger partial charge in [0.25, 0.3) is 0 Å². The van der Waals surface area contributed by atoms with Gasteiger partial charge in [-0.05, 0) is 55.8 Å². The van der Waals surface area contributed by atoms with E-state index in [4.69, 9.17) is 0 Å². The Labute approximate surface area is 107 Å². The van der Waals surface area contributed by atoms with Crippen LogP contribution in [0.3, 0.4) is 0 Å². The summed E-state index contributed by atoms with van der Waals surface area (Å²) in [6.45, 7) is 2.00. The Balaban J connectivity index is 2.23. The molecule has 0 amide bonds. The highest BCUT2D eigenvalue weighted by atomic mass is 19.1. The van der Waals surface area contributed by atoms with Crippen LogP contribution in [0.5, 0.6) is 0 Å². The third kappa shape index (κ3) is 2.93. The predicted molar refractivity (Wildman–Crippen MR) is 70.9 cm³/mol. The maximum absolute atomic E-state index is 13.3. The minimum absolute atomic E-state index is 0.103. The fourth-order valence-electron chi connectivity index (χ4n) is 2.02. The van der Waals surface area contributed by atoms with Crippen LogP contribution in [-0.4, -0.2) is 12.0 Å². The molecule has 0 saturated heterocycles. The van der Waals surface area contributed by atoms with E-state index in [1.54, 1.807) is 12.3 Å². The number of aryl methyl sites for hydroxylation is 1. The molecule has 1 atom stereocenters. The molecule has 0 aliphatic heterocycles. The summed E-state index contributed by atoms with van der Waals surface area (Å²) in [4.78, 5) is 4.34. The third-order valence-electron chi connectivity index (χ3n) is 3.13. The Bertz CT molecular complexity index is 511. The largest absolute Gasteiger partial charge is 0.311 e. The zero-order valence-corrected chi connectivity index (χ0v) is 10.7. The molecule has 1 N–H and O–H groups in total. The van der Waals surface area contributed by atoms with Crippen LogP contribution in [0, 0.1) is 12.7 Å². The minimum Gasteiger partial charge on any atom is -0.311 e. The number of pyridine rings is 1. The first kappa shape index (κ1) is 12.7. The fourth-order valence-corrected chi connectivity index (χ4v) is 2.02. The Morgan fingerprint density at radius 1 is 1.28 bits per heavy atom. The second kappa shape index (κ2) is 5.74. The van der Waals surface area contributed by atoms with E-state index in [1.165, 1.54) is 6.07 Å². The number of nitrogens with zero attached hydrogens (tertiary/aromatic N) is 1. The Hall–Kier alpha value is -1.74. The van der Waals surface area contributed by atoms with Gasteiger partial charge in [-0.25, -0.2) is 4.39 Å². The van der Waals surface area contributed by atoms with Gasteiger partial charge in [-0.3, -0.25) is 4.98 Å². The van der Waals surface area contributed by atoms with Crippen LogP contribution >= 0.6 is 0 Å². The Morgan fingerprint density at radius 3 is 2.78 bits per heavy atom. The summed E-state index contributed by atoms with van der Waals surface area (Å²) in [6, 6.07) is 10.9. The average molecular weight is 244 g/mol. The maximum atomic E-state index is 13.3. The van der Waals surface area contributed by atoms with Gasteiger partial charge in [-0.1, -0.05) is 12.1 Å². The maximum Gasteiger partial charge on any atom is 0.123 e. The van der Waals surface area contributed by atoms with E-state index in [9.17, 15) is 4.39 Å². The Morgan fingerprint density at radius 2 is 2.11 bits per heavy atom. The molecule has 2 rings (SSSR count). The SMILES string of the molecule is CNC(Cc1cc(F)ccc1C)c1ccccn1. The number of halogens is 1. The second-order valence-corrected chi connectivity index (χ2v) is 4.37. The highest BCUT2D eigenvalue weighted by molar-refractivity contribution is 5.28. The first-order valence-corrected chi connectivity index (χ1v) is 6.04. The van der Waals surface area contributed by atoms with Gasteiger partial charge in [0.05, 0.1) is 11.7 Å². The highest BCUT2D eigenvalue weighted by Crippen LogP contribution is 2.19. The molecule has 1 aromatic heterocycles. The molecule has 0 spiro atoms. The Kier molecular flexibility index (Phi) is 4.05. The van der Waals surface area contributed by atoms with Crippen molar-refractivity contribution in [3.8, 4) is 0 Å². The molecule has 2 aromatic rings. The summed E-state index contributed by atoms with van der Waals surface area (Å²) in [7, 11) is 1.90. The van der Waals surface area contributed by atoms with Crippen molar-refractivity contribution in [3.05, 3.63) is 65.2 Å². The first-order valence-electron chi connectivity index (χ1n) is 6.04. The number of aromatic nitrogens is 1. The normalized spacial score (nSPS) is 12.4. The zero-order valence-electron chi connectivity index (χ0n) is 10.7. The van der Waals surface area contributed by atoms with Crippen molar-refractivity contribution in [3.63, 3.8) is 0 Å². The summed E-state index contributed by atoms with van der Waals surface area (Å²) >= 11 is 0. The molecule has 18 heavy (non-hydrogen) atoms. The molecule has 3 heteroatoms. The van der Waals surface area contributed by atoms with Gasteiger partial charge < -0.3 is 5.32 Å². The number of nitrogens with one attached hydrogen (secondary N) is 1. The summed E-state index contributed by atoms with van der Waals surface area (Å²) in [6.07, 6.45) is 2.51. The second-order valence-electron chi connectivity index (χ2n) is 4.37. The van der Waals surface area contributed by atoms with Crippen molar-refractivity contribution in [2.24, 2.45) is 0 Å². The highest BCUT2D eigenvalue weighted by Gasteiger charge is 2.12. The van der Waals surface area contributed by atoms with Gasteiger partial charge in [0.2, 0.25) is 0 Å². The minimum atomic E-state index is -0.188. The lowest BCUT2D eigenvalue weighted by molar-refractivity contribution is 0.569. The molecular formula is C15H17FN2. The molecule has 2 nitrogen and oxygen atoms in total. The van der Waals surface area contributed by atoms with Gasteiger partial charge in [0.1, 0.15) is 5.82 Å². The van der Waals surface area contributed by atoms with Gasteiger partial charge in [-0.15, -0.1) is 0 Å². The van der Waals surface area contributed by atoms with Crippen molar-refractivity contribution in [2.75, 3.05) is 7.05 Å². The molecule has 1 heterocycles. The molecule has 0 bridgehead atoms. The van der Waals surface area contributed by atoms with E-state index in [1.807, 2.05) is 38.2 Å². The quantitative estimate of drug-likeness (QED) is 0.894. The molecule has 0 radical (unpaired) electrons. The molecule has 0 aliphatic rings. The molecular weight excluding hydrogens is 227 g/mol. The number of likely N-dealkylation sites (N-methyl/N-ethyl adjacent to an activating group) is 1. The average Bonchev–Trinajstić information content (AvgIpc) is 2.41. The standard InChI is InChI=1S/C15H17FN2/c1-11-6-7-13(16)9-12(11)10-15(17-2)14-5-3-4-8-18-14/h3-9,15,17H,10H2,1-2H3. The van der Waals surface area contributed by atoms with Gasteiger partial charge in [-0.2, -0.15) is 0 Å². The van der Waals surface area contributed by atoms with Crippen molar-refractivity contribution in [1.82, 2.24) is 10.3 Å². The molecule has 0 fully saturated rings. The van der Waals surface area contributed by atoms with E-state index in [2.05, 4.69) is 10.3 Å². The predicted octanol–water partition coefficient (Wildman–Crippen LogP) is 3.03.